The zero-order valence-electron chi connectivity index (χ0n) is 10.5. The number of rotatable bonds is 5. The standard InChI is InChI=1S/C12H20N4O/c1-3-4-7-16(9-5-6-9)12(17)11-10(13)8-15(2)14-11/h8-9H,3-7,13H2,1-2H3. The number of carbonyl (C=O) groups excluding carboxylic acids is 1. The molecule has 17 heavy (non-hydrogen) atoms. The fourth-order valence-corrected chi connectivity index (χ4v) is 1.97. The first-order valence-electron chi connectivity index (χ1n) is 6.23. The molecule has 1 fully saturated rings. The van der Waals surface area contributed by atoms with Crippen LogP contribution in [0.3, 0.4) is 0 Å². The number of aryl methyl sites for hydroxylation is 1. The minimum atomic E-state index is -0.0148. The number of amides is 1. The molecule has 0 aromatic carbocycles. The summed E-state index contributed by atoms with van der Waals surface area (Å²) in [5, 5.41) is 4.15. The average Bonchev–Trinajstić information content (AvgIpc) is 3.05. The Kier molecular flexibility index (Phi) is 3.36. The summed E-state index contributed by atoms with van der Waals surface area (Å²) in [5.74, 6) is -0.0148. The topological polar surface area (TPSA) is 64.2 Å². The smallest absolute Gasteiger partial charge is 0.276 e. The van der Waals surface area contributed by atoms with E-state index in [0.29, 0.717) is 17.4 Å². The average molecular weight is 236 g/mol. The van der Waals surface area contributed by atoms with Gasteiger partial charge in [0.25, 0.3) is 5.91 Å². The van der Waals surface area contributed by atoms with Gasteiger partial charge in [-0.3, -0.25) is 9.48 Å². The van der Waals surface area contributed by atoms with Crippen LogP contribution >= 0.6 is 0 Å². The molecular weight excluding hydrogens is 216 g/mol. The summed E-state index contributed by atoms with van der Waals surface area (Å²) in [6.07, 6.45) is 6.03. The van der Waals surface area contributed by atoms with E-state index >= 15 is 0 Å². The second-order valence-corrected chi connectivity index (χ2v) is 4.69. The van der Waals surface area contributed by atoms with Gasteiger partial charge in [-0.05, 0) is 19.3 Å². The molecule has 94 valence electrons. The number of nitrogens with two attached hydrogens (primary N) is 1. The van der Waals surface area contributed by atoms with Gasteiger partial charge in [0.2, 0.25) is 0 Å². The summed E-state index contributed by atoms with van der Waals surface area (Å²) in [5.41, 5.74) is 6.67. The van der Waals surface area contributed by atoms with Crippen molar-refractivity contribution in [2.75, 3.05) is 12.3 Å². The van der Waals surface area contributed by atoms with Gasteiger partial charge in [-0.1, -0.05) is 13.3 Å². The van der Waals surface area contributed by atoms with Gasteiger partial charge >= 0.3 is 0 Å². The van der Waals surface area contributed by atoms with E-state index in [0.717, 1.165) is 32.2 Å². The number of unbranched alkanes of at least 4 members (excludes halogenated alkanes) is 1. The highest BCUT2D eigenvalue weighted by atomic mass is 16.2. The number of hydrogen-bond donors (Lipinski definition) is 1. The normalized spacial score (nSPS) is 14.9. The van der Waals surface area contributed by atoms with Gasteiger partial charge < -0.3 is 10.6 Å². The van der Waals surface area contributed by atoms with E-state index in [-0.39, 0.29) is 5.91 Å². The van der Waals surface area contributed by atoms with Crippen LogP contribution in [0, 0.1) is 0 Å². The lowest BCUT2D eigenvalue weighted by molar-refractivity contribution is 0.0735. The molecule has 1 aromatic heterocycles. The van der Waals surface area contributed by atoms with Gasteiger partial charge in [0.05, 0.1) is 5.69 Å². The van der Waals surface area contributed by atoms with Crippen molar-refractivity contribution in [2.24, 2.45) is 7.05 Å². The minimum absolute atomic E-state index is 0.0148. The number of anilines is 1. The molecule has 1 saturated carbocycles. The van der Waals surface area contributed by atoms with Crippen LogP contribution in [-0.2, 0) is 7.05 Å². The molecule has 1 aliphatic carbocycles. The van der Waals surface area contributed by atoms with Crippen LogP contribution in [0.2, 0.25) is 0 Å². The van der Waals surface area contributed by atoms with E-state index in [9.17, 15) is 4.79 Å². The van der Waals surface area contributed by atoms with Crippen LogP contribution in [0.15, 0.2) is 6.20 Å². The number of nitrogen functional groups attached to an aromatic ring is 1. The SMILES string of the molecule is CCCCN(C(=O)c1nn(C)cc1N)C1CC1. The maximum absolute atomic E-state index is 12.3. The van der Waals surface area contributed by atoms with E-state index in [4.69, 9.17) is 5.73 Å². The molecule has 0 atom stereocenters. The highest BCUT2D eigenvalue weighted by Crippen LogP contribution is 2.29. The summed E-state index contributed by atoms with van der Waals surface area (Å²) < 4.78 is 1.59. The van der Waals surface area contributed by atoms with Gasteiger partial charge in [0.15, 0.2) is 5.69 Å². The first-order valence-corrected chi connectivity index (χ1v) is 6.23. The maximum Gasteiger partial charge on any atom is 0.276 e. The van der Waals surface area contributed by atoms with Crippen molar-refractivity contribution in [2.45, 2.75) is 38.6 Å². The van der Waals surface area contributed by atoms with Crippen molar-refractivity contribution in [3.8, 4) is 0 Å². The predicted molar refractivity (Wildman–Crippen MR) is 66.6 cm³/mol. The molecule has 0 spiro atoms. The molecule has 5 nitrogen and oxygen atoms in total. The summed E-state index contributed by atoms with van der Waals surface area (Å²) in [6.45, 7) is 2.95. The monoisotopic (exact) mass is 236 g/mol. The van der Waals surface area contributed by atoms with Gasteiger partial charge in [-0.15, -0.1) is 0 Å². The second kappa shape index (κ2) is 4.77. The molecule has 1 aromatic rings. The Morgan fingerprint density at radius 1 is 1.65 bits per heavy atom. The van der Waals surface area contributed by atoms with Crippen LogP contribution in [0.1, 0.15) is 43.1 Å². The minimum Gasteiger partial charge on any atom is -0.396 e. The Hall–Kier alpha value is -1.52. The maximum atomic E-state index is 12.3. The molecule has 0 radical (unpaired) electrons. The van der Waals surface area contributed by atoms with E-state index in [1.807, 2.05) is 4.90 Å². The van der Waals surface area contributed by atoms with Crippen LogP contribution < -0.4 is 5.73 Å². The molecule has 0 aliphatic heterocycles. The largest absolute Gasteiger partial charge is 0.396 e. The molecule has 1 amide bonds. The van der Waals surface area contributed by atoms with Crippen molar-refractivity contribution in [1.29, 1.82) is 0 Å². The van der Waals surface area contributed by atoms with Crippen LogP contribution in [0.25, 0.3) is 0 Å². The van der Waals surface area contributed by atoms with Gasteiger partial charge in [-0.2, -0.15) is 5.10 Å². The first-order chi connectivity index (χ1) is 8.13. The molecular formula is C12H20N4O. The molecule has 1 aliphatic rings. The zero-order valence-corrected chi connectivity index (χ0v) is 10.5. The van der Waals surface area contributed by atoms with Crippen molar-refractivity contribution in [3.63, 3.8) is 0 Å². The number of hydrogen-bond acceptors (Lipinski definition) is 3. The number of aromatic nitrogens is 2. The Morgan fingerprint density at radius 2 is 2.35 bits per heavy atom. The van der Waals surface area contributed by atoms with Crippen molar-refractivity contribution >= 4 is 11.6 Å². The van der Waals surface area contributed by atoms with Crippen molar-refractivity contribution in [3.05, 3.63) is 11.9 Å². The Labute approximate surface area is 102 Å². The summed E-state index contributed by atoms with van der Waals surface area (Å²) in [7, 11) is 1.78. The molecule has 1 heterocycles. The van der Waals surface area contributed by atoms with Gasteiger partial charge in [-0.25, -0.2) is 0 Å². The van der Waals surface area contributed by atoms with Crippen LogP contribution in [0.4, 0.5) is 5.69 Å². The summed E-state index contributed by atoms with van der Waals surface area (Å²) in [6, 6.07) is 0.412. The van der Waals surface area contributed by atoms with E-state index < -0.39 is 0 Å². The van der Waals surface area contributed by atoms with E-state index in [1.165, 1.54) is 0 Å². The lowest BCUT2D eigenvalue weighted by Gasteiger charge is -2.21. The molecule has 0 saturated heterocycles. The zero-order chi connectivity index (χ0) is 12.4. The van der Waals surface area contributed by atoms with Gasteiger partial charge in [0, 0.05) is 25.8 Å². The molecule has 0 unspecified atom stereocenters. The Balaban J connectivity index is 2.12. The fraction of sp³-hybridized carbons (Fsp3) is 0.667. The number of nitrogens with zero attached hydrogens (tertiary/aromatic N) is 3. The Bertz CT molecular complexity index is 409. The lowest BCUT2D eigenvalue weighted by Crippen LogP contribution is -2.34. The third kappa shape index (κ3) is 2.60. The number of carbonyl (C=O) groups is 1. The van der Waals surface area contributed by atoms with Crippen molar-refractivity contribution < 1.29 is 4.79 Å². The van der Waals surface area contributed by atoms with Crippen LogP contribution in [-0.4, -0.2) is 33.2 Å². The van der Waals surface area contributed by atoms with Crippen molar-refractivity contribution in [1.82, 2.24) is 14.7 Å². The van der Waals surface area contributed by atoms with Gasteiger partial charge in [0.1, 0.15) is 0 Å². The Morgan fingerprint density at radius 3 is 2.82 bits per heavy atom. The highest BCUT2D eigenvalue weighted by Gasteiger charge is 2.34. The second-order valence-electron chi connectivity index (χ2n) is 4.69. The molecule has 2 N–H and O–H groups in total. The lowest BCUT2D eigenvalue weighted by atomic mass is 10.2. The predicted octanol–water partition coefficient (Wildman–Crippen LogP) is 1.41. The third-order valence-corrected chi connectivity index (χ3v) is 3.06. The summed E-state index contributed by atoms with van der Waals surface area (Å²) in [4.78, 5) is 14.3. The van der Waals surface area contributed by atoms with E-state index in [1.54, 1.807) is 17.9 Å². The quantitative estimate of drug-likeness (QED) is 0.840. The molecule has 2 rings (SSSR count). The van der Waals surface area contributed by atoms with E-state index in [2.05, 4.69) is 12.0 Å². The third-order valence-electron chi connectivity index (χ3n) is 3.06. The summed E-state index contributed by atoms with van der Waals surface area (Å²) >= 11 is 0. The first kappa shape index (κ1) is 12.0. The molecule has 0 bridgehead atoms. The highest BCUT2D eigenvalue weighted by molar-refractivity contribution is 5.97. The van der Waals surface area contributed by atoms with Crippen LogP contribution in [0.5, 0.6) is 0 Å². The molecule has 5 heteroatoms. The fourth-order valence-electron chi connectivity index (χ4n) is 1.97.